The molecule has 0 bridgehead atoms. The summed E-state index contributed by atoms with van der Waals surface area (Å²) in [6, 6.07) is 0. The predicted molar refractivity (Wildman–Crippen MR) is 73.7 cm³/mol. The molecule has 106 valence electrons. The van der Waals surface area contributed by atoms with Gasteiger partial charge in [-0.05, 0) is 47.5 Å². The Morgan fingerprint density at radius 2 is 1.00 bits per heavy atom. The van der Waals surface area contributed by atoms with Crippen LogP contribution in [0, 0.1) is 5.92 Å². The van der Waals surface area contributed by atoms with E-state index >= 15 is 0 Å². The number of hydrogen-bond donors (Lipinski definition) is 0. The number of halogens is 2. The van der Waals surface area contributed by atoms with Crippen molar-refractivity contribution in [2.24, 2.45) is 5.92 Å². The highest BCUT2D eigenvalue weighted by Crippen LogP contribution is 2.06. The molecular weight excluding hydrogens is 222 g/mol. The maximum atomic E-state index is 11.0. The van der Waals surface area contributed by atoms with Crippen LogP contribution in [0.15, 0.2) is 12.2 Å². The van der Waals surface area contributed by atoms with Crippen molar-refractivity contribution in [2.75, 3.05) is 0 Å². The fourth-order valence-electron chi connectivity index (χ4n) is 0. The van der Waals surface area contributed by atoms with Gasteiger partial charge in [0.2, 0.25) is 5.92 Å². The lowest BCUT2D eigenvalue weighted by Gasteiger charge is -1.94. The Labute approximate surface area is 106 Å². The molecule has 0 aliphatic carbocycles. The fraction of sp³-hybridized carbons (Fsp3) is 0.786. The molecule has 0 aromatic carbocycles. The van der Waals surface area contributed by atoms with Crippen LogP contribution >= 0.6 is 0 Å². The maximum Gasteiger partial charge on any atom is 0.242 e. The zero-order valence-corrected chi connectivity index (χ0v) is 12.9. The first kappa shape index (κ1) is 25.2. The van der Waals surface area contributed by atoms with Gasteiger partial charge in [0.1, 0.15) is 5.78 Å². The molecule has 17 heavy (non-hydrogen) atoms. The molecule has 0 amide bonds. The van der Waals surface area contributed by atoms with Crippen molar-refractivity contribution in [2.45, 2.75) is 68.2 Å². The smallest absolute Gasteiger partial charge is 0.242 e. The number of rotatable bonds is 0. The number of Topliss-reactive ketones (excluding diaryl/α,β-unsaturated/α-hetero) is 1. The van der Waals surface area contributed by atoms with E-state index in [2.05, 4.69) is 27.4 Å². The van der Waals surface area contributed by atoms with Crippen molar-refractivity contribution in [1.82, 2.24) is 0 Å². The van der Waals surface area contributed by atoms with Gasteiger partial charge in [0.15, 0.2) is 0 Å². The molecule has 0 saturated carbocycles. The molecule has 0 aromatic heterocycles. The zero-order valence-electron chi connectivity index (χ0n) is 12.9. The monoisotopic (exact) mass is 252 g/mol. The minimum Gasteiger partial charge on any atom is -0.300 e. The first-order valence-electron chi connectivity index (χ1n) is 5.67. The quantitative estimate of drug-likeness (QED) is 0.520. The normalized spacial score (nSPS) is 8.71. The molecule has 0 unspecified atom stereocenters. The molecule has 0 heterocycles. The minimum atomic E-state index is -2.50. The minimum absolute atomic E-state index is 0.167. The van der Waals surface area contributed by atoms with Gasteiger partial charge in [-0.1, -0.05) is 26.3 Å². The van der Waals surface area contributed by atoms with Crippen LogP contribution in [-0.4, -0.2) is 11.7 Å². The largest absolute Gasteiger partial charge is 0.300 e. The fourth-order valence-corrected chi connectivity index (χ4v) is 0. The van der Waals surface area contributed by atoms with E-state index in [9.17, 15) is 13.6 Å². The molecule has 0 atom stereocenters. The Morgan fingerprint density at radius 3 is 1.00 bits per heavy atom. The average Bonchev–Trinajstić information content (AvgIpc) is 1.73. The summed E-state index contributed by atoms with van der Waals surface area (Å²) < 4.78 is 22.0. The molecule has 0 radical (unpaired) electrons. The van der Waals surface area contributed by atoms with Crippen LogP contribution in [0.3, 0.4) is 0 Å². The first-order chi connectivity index (χ1) is 7.20. The second-order valence-corrected chi connectivity index (χ2v) is 5.17. The molecule has 3 heteroatoms. The highest BCUT2D eigenvalue weighted by molar-refractivity contribution is 5.72. The molecule has 0 fully saturated rings. The molecule has 0 spiro atoms. The third-order valence-electron chi connectivity index (χ3n) is 0. The lowest BCUT2D eigenvalue weighted by atomic mass is 10.3. The van der Waals surface area contributed by atoms with E-state index in [1.807, 2.05) is 13.8 Å². The van der Waals surface area contributed by atoms with E-state index in [1.54, 1.807) is 0 Å². The molecule has 1 nitrogen and oxygen atoms in total. The van der Waals surface area contributed by atoms with E-state index in [4.69, 9.17) is 0 Å². The summed E-state index contributed by atoms with van der Waals surface area (Å²) in [6.07, 6.45) is 0. The SMILES string of the molecule is C=C(C)C.CC(C)(F)F.CC(C)=O.CC(C)C. The van der Waals surface area contributed by atoms with E-state index in [-0.39, 0.29) is 5.78 Å². The van der Waals surface area contributed by atoms with Crippen LogP contribution in [0.1, 0.15) is 62.3 Å². The van der Waals surface area contributed by atoms with Crippen molar-refractivity contribution in [3.05, 3.63) is 12.2 Å². The molecule has 0 aliphatic heterocycles. The lowest BCUT2D eigenvalue weighted by Crippen LogP contribution is -1.98. The Kier molecular flexibility index (Phi) is 22.6. The van der Waals surface area contributed by atoms with Gasteiger partial charge in [-0.2, -0.15) is 0 Å². The van der Waals surface area contributed by atoms with Gasteiger partial charge in [0, 0.05) is 0 Å². The molecule has 0 rings (SSSR count). The first-order valence-corrected chi connectivity index (χ1v) is 5.67. The number of allylic oxidation sites excluding steroid dienone is 1. The van der Waals surface area contributed by atoms with Gasteiger partial charge in [0.05, 0.1) is 0 Å². The Bertz CT molecular complexity index is 150. The second-order valence-electron chi connectivity index (χ2n) is 5.17. The summed E-state index contributed by atoms with van der Waals surface area (Å²) in [5.74, 6) is -1.50. The van der Waals surface area contributed by atoms with Crippen LogP contribution in [0.5, 0.6) is 0 Å². The summed E-state index contributed by atoms with van der Waals surface area (Å²) in [5.41, 5.74) is 1.17. The summed E-state index contributed by atoms with van der Waals surface area (Å²) >= 11 is 0. The van der Waals surface area contributed by atoms with Gasteiger partial charge in [-0.25, -0.2) is 8.78 Å². The summed E-state index contributed by atoms with van der Waals surface area (Å²) in [7, 11) is 0. The Morgan fingerprint density at radius 1 is 1.00 bits per heavy atom. The summed E-state index contributed by atoms with van der Waals surface area (Å²) in [6.45, 7) is 18.8. The highest BCUT2D eigenvalue weighted by Gasteiger charge is 2.08. The molecule has 0 aliphatic rings. The molecular formula is C14H30F2O. The summed E-state index contributed by atoms with van der Waals surface area (Å²) in [5, 5.41) is 0. The number of alkyl halides is 2. The van der Waals surface area contributed by atoms with Crippen LogP contribution in [0.2, 0.25) is 0 Å². The number of hydrogen-bond acceptors (Lipinski definition) is 1. The topological polar surface area (TPSA) is 17.1 Å². The van der Waals surface area contributed by atoms with Gasteiger partial charge in [-0.15, -0.1) is 6.58 Å². The van der Waals surface area contributed by atoms with Gasteiger partial charge < -0.3 is 4.79 Å². The van der Waals surface area contributed by atoms with Crippen LogP contribution < -0.4 is 0 Å². The standard InChI is InChI=1S/C4H10.C4H8.C3H6F2.C3H6O/c2*1-4(2)3;1-3(2,4)5;1-3(2)4/h4H,1-3H3;1H2,2-3H3;1-2H3;1-2H3. The van der Waals surface area contributed by atoms with E-state index in [1.165, 1.54) is 19.4 Å². The average molecular weight is 252 g/mol. The van der Waals surface area contributed by atoms with Crippen LogP contribution in [0.25, 0.3) is 0 Å². The molecule has 0 N–H and O–H groups in total. The van der Waals surface area contributed by atoms with E-state index < -0.39 is 5.92 Å². The molecule has 0 saturated heterocycles. The van der Waals surface area contributed by atoms with E-state index in [0.717, 1.165) is 19.8 Å². The van der Waals surface area contributed by atoms with Crippen LogP contribution in [0.4, 0.5) is 8.78 Å². The van der Waals surface area contributed by atoms with Crippen LogP contribution in [-0.2, 0) is 4.79 Å². The Hall–Kier alpha value is -0.730. The maximum absolute atomic E-state index is 11.0. The van der Waals surface area contributed by atoms with Crippen molar-refractivity contribution in [3.63, 3.8) is 0 Å². The lowest BCUT2D eigenvalue weighted by molar-refractivity contribution is -0.115. The number of ketones is 1. The van der Waals surface area contributed by atoms with Crippen molar-refractivity contribution < 1.29 is 13.6 Å². The zero-order chi connectivity index (χ0) is 15.2. The summed E-state index contributed by atoms with van der Waals surface area (Å²) in [4.78, 5) is 9.44. The Balaban J connectivity index is -0.0000000667. The highest BCUT2D eigenvalue weighted by atomic mass is 19.3. The van der Waals surface area contributed by atoms with Gasteiger partial charge >= 0.3 is 0 Å². The van der Waals surface area contributed by atoms with Crippen molar-refractivity contribution in [3.8, 4) is 0 Å². The second kappa shape index (κ2) is 15.3. The third-order valence-corrected chi connectivity index (χ3v) is 0. The van der Waals surface area contributed by atoms with Gasteiger partial charge in [0.25, 0.3) is 0 Å². The number of carbonyl (C=O) groups is 1. The van der Waals surface area contributed by atoms with Gasteiger partial charge in [-0.3, -0.25) is 0 Å². The number of carbonyl (C=O) groups excluding carboxylic acids is 1. The molecule has 0 aromatic rings. The van der Waals surface area contributed by atoms with Crippen molar-refractivity contribution >= 4 is 5.78 Å². The predicted octanol–water partition coefficient (Wildman–Crippen LogP) is 5.50. The third kappa shape index (κ3) is 5050. The van der Waals surface area contributed by atoms with E-state index in [0.29, 0.717) is 0 Å². The van der Waals surface area contributed by atoms with Crippen molar-refractivity contribution in [1.29, 1.82) is 0 Å².